The largest absolute Gasteiger partial charge is 0.340 e. The first kappa shape index (κ1) is 17.5. The van der Waals surface area contributed by atoms with Crippen molar-refractivity contribution >= 4 is 5.91 Å². The zero-order chi connectivity index (χ0) is 16.8. The molecular weight excluding hydrogens is 300 g/mol. The lowest BCUT2D eigenvalue weighted by atomic mass is 9.98. The van der Waals surface area contributed by atoms with Crippen LogP contribution >= 0.6 is 0 Å². The predicted molar refractivity (Wildman–Crippen MR) is 95.8 cm³/mol. The molecule has 3 rings (SSSR count). The number of carbonyl (C=O) groups excluding carboxylic acids is 1. The highest BCUT2D eigenvalue weighted by Gasteiger charge is 2.26. The van der Waals surface area contributed by atoms with E-state index in [1.807, 2.05) is 19.3 Å². The lowest BCUT2D eigenvalue weighted by Gasteiger charge is -2.37. The van der Waals surface area contributed by atoms with E-state index in [2.05, 4.69) is 19.4 Å². The van der Waals surface area contributed by atoms with Crippen LogP contribution in [-0.2, 0) is 11.3 Å². The number of likely N-dealkylation sites (tertiary alicyclic amines) is 2. The molecule has 2 aliphatic rings. The molecule has 0 aromatic carbocycles. The number of hydrogen-bond acceptors (Lipinski definition) is 3. The van der Waals surface area contributed by atoms with E-state index in [-0.39, 0.29) is 0 Å². The molecule has 5 nitrogen and oxygen atoms in total. The Balaban J connectivity index is 1.44. The van der Waals surface area contributed by atoms with Crippen LogP contribution in [0.5, 0.6) is 0 Å². The topological polar surface area (TPSA) is 41.4 Å². The van der Waals surface area contributed by atoms with E-state index in [1.165, 1.54) is 51.7 Å². The highest BCUT2D eigenvalue weighted by molar-refractivity contribution is 5.76. The first-order valence-corrected chi connectivity index (χ1v) is 9.73. The first-order chi connectivity index (χ1) is 11.7. The van der Waals surface area contributed by atoms with Crippen LogP contribution in [0.3, 0.4) is 0 Å². The number of aryl methyl sites for hydroxylation is 2. The predicted octanol–water partition coefficient (Wildman–Crippen LogP) is 2.84. The summed E-state index contributed by atoms with van der Waals surface area (Å²) in [5.74, 6) is 1.39. The summed E-state index contributed by atoms with van der Waals surface area (Å²) in [7, 11) is 0. The van der Waals surface area contributed by atoms with Gasteiger partial charge in [0.15, 0.2) is 0 Å². The average molecular weight is 332 g/mol. The van der Waals surface area contributed by atoms with Gasteiger partial charge >= 0.3 is 0 Å². The molecule has 0 N–H and O–H groups in total. The molecule has 134 valence electrons. The van der Waals surface area contributed by atoms with E-state index in [0.29, 0.717) is 18.4 Å². The minimum atomic E-state index is 0.360. The van der Waals surface area contributed by atoms with Crippen molar-refractivity contribution in [1.82, 2.24) is 19.4 Å². The van der Waals surface area contributed by atoms with Crippen molar-refractivity contribution in [3.05, 3.63) is 18.2 Å². The molecule has 0 saturated carbocycles. The zero-order valence-electron chi connectivity index (χ0n) is 15.1. The molecule has 1 amide bonds. The molecule has 0 aliphatic carbocycles. The van der Waals surface area contributed by atoms with Gasteiger partial charge in [-0.1, -0.05) is 0 Å². The van der Waals surface area contributed by atoms with Gasteiger partial charge in [0, 0.05) is 44.5 Å². The number of imidazole rings is 1. The van der Waals surface area contributed by atoms with Gasteiger partial charge < -0.3 is 14.4 Å². The van der Waals surface area contributed by atoms with Crippen molar-refractivity contribution in [3.8, 4) is 0 Å². The van der Waals surface area contributed by atoms with Crippen LogP contribution in [0.4, 0.5) is 0 Å². The lowest BCUT2D eigenvalue weighted by Crippen LogP contribution is -2.45. The van der Waals surface area contributed by atoms with Gasteiger partial charge in [-0.2, -0.15) is 0 Å². The minimum Gasteiger partial charge on any atom is -0.340 e. The van der Waals surface area contributed by atoms with E-state index in [1.54, 1.807) is 0 Å². The Morgan fingerprint density at radius 3 is 2.71 bits per heavy atom. The van der Waals surface area contributed by atoms with Crippen LogP contribution < -0.4 is 0 Å². The van der Waals surface area contributed by atoms with E-state index in [9.17, 15) is 4.79 Å². The number of rotatable bonds is 7. The third-order valence-electron chi connectivity index (χ3n) is 5.64. The van der Waals surface area contributed by atoms with Crippen molar-refractivity contribution in [2.24, 2.45) is 0 Å². The van der Waals surface area contributed by atoms with Gasteiger partial charge in [-0.05, 0) is 65.0 Å². The highest BCUT2D eigenvalue weighted by atomic mass is 16.2. The van der Waals surface area contributed by atoms with Gasteiger partial charge in [-0.25, -0.2) is 4.98 Å². The van der Waals surface area contributed by atoms with E-state index >= 15 is 0 Å². The second-order valence-electron chi connectivity index (χ2n) is 7.35. The fourth-order valence-electron chi connectivity index (χ4n) is 4.15. The second kappa shape index (κ2) is 8.65. The third-order valence-corrected chi connectivity index (χ3v) is 5.64. The maximum Gasteiger partial charge on any atom is 0.222 e. The van der Waals surface area contributed by atoms with Crippen LogP contribution in [-0.4, -0.2) is 57.5 Å². The summed E-state index contributed by atoms with van der Waals surface area (Å²) in [5.41, 5.74) is 0. The summed E-state index contributed by atoms with van der Waals surface area (Å²) in [6.07, 6.45) is 12.9. The number of nitrogens with zero attached hydrogens (tertiary/aromatic N) is 4. The molecule has 3 heterocycles. The van der Waals surface area contributed by atoms with Crippen LogP contribution in [0.25, 0.3) is 0 Å². The van der Waals surface area contributed by atoms with Crippen LogP contribution in [0.15, 0.2) is 12.4 Å². The zero-order valence-corrected chi connectivity index (χ0v) is 15.1. The average Bonchev–Trinajstić information content (AvgIpc) is 3.25. The van der Waals surface area contributed by atoms with Crippen molar-refractivity contribution in [2.75, 3.05) is 26.2 Å². The molecule has 0 bridgehead atoms. The van der Waals surface area contributed by atoms with E-state index in [4.69, 9.17) is 0 Å². The maximum atomic E-state index is 12.7. The Morgan fingerprint density at radius 1 is 1.17 bits per heavy atom. The van der Waals surface area contributed by atoms with E-state index < -0.39 is 0 Å². The Labute approximate surface area is 146 Å². The molecule has 2 aliphatic heterocycles. The Bertz CT molecular complexity index is 521. The summed E-state index contributed by atoms with van der Waals surface area (Å²) in [5, 5.41) is 0. The summed E-state index contributed by atoms with van der Waals surface area (Å²) < 4.78 is 2.13. The number of carbonyl (C=O) groups is 1. The molecule has 1 aromatic rings. The smallest absolute Gasteiger partial charge is 0.222 e. The van der Waals surface area contributed by atoms with Gasteiger partial charge in [-0.3, -0.25) is 4.79 Å². The quantitative estimate of drug-likeness (QED) is 0.771. The molecule has 0 radical (unpaired) electrons. The molecule has 0 spiro atoms. The third kappa shape index (κ3) is 4.59. The molecule has 1 aromatic heterocycles. The van der Waals surface area contributed by atoms with Crippen LogP contribution in [0.2, 0.25) is 0 Å². The summed E-state index contributed by atoms with van der Waals surface area (Å²) in [4.78, 5) is 21.7. The van der Waals surface area contributed by atoms with Gasteiger partial charge in [0.25, 0.3) is 0 Å². The Kier molecular flexibility index (Phi) is 6.30. The molecule has 0 unspecified atom stereocenters. The SMILES string of the molecule is Cc1nccn1CCCC(=O)N1CCCC[C@@H]1CCN1CCCC1. The number of piperidine rings is 1. The summed E-state index contributed by atoms with van der Waals surface area (Å²) in [6.45, 7) is 7.55. The van der Waals surface area contributed by atoms with Gasteiger partial charge in [-0.15, -0.1) is 0 Å². The highest BCUT2D eigenvalue weighted by Crippen LogP contribution is 2.22. The van der Waals surface area contributed by atoms with Gasteiger partial charge in [0.2, 0.25) is 5.91 Å². The van der Waals surface area contributed by atoms with Crippen molar-refractivity contribution in [3.63, 3.8) is 0 Å². The second-order valence-corrected chi connectivity index (χ2v) is 7.35. The number of hydrogen-bond donors (Lipinski definition) is 0. The fourth-order valence-corrected chi connectivity index (χ4v) is 4.15. The van der Waals surface area contributed by atoms with Gasteiger partial charge in [0.05, 0.1) is 0 Å². The van der Waals surface area contributed by atoms with Crippen LogP contribution in [0.1, 0.15) is 57.2 Å². The fraction of sp³-hybridized carbons (Fsp3) is 0.789. The summed E-state index contributed by atoms with van der Waals surface area (Å²) in [6, 6.07) is 0.474. The molecule has 24 heavy (non-hydrogen) atoms. The molecular formula is C19H32N4O. The maximum absolute atomic E-state index is 12.7. The van der Waals surface area contributed by atoms with Crippen molar-refractivity contribution < 1.29 is 4.79 Å². The Morgan fingerprint density at radius 2 is 1.96 bits per heavy atom. The van der Waals surface area contributed by atoms with Gasteiger partial charge in [0.1, 0.15) is 5.82 Å². The Hall–Kier alpha value is -1.36. The number of aromatic nitrogens is 2. The first-order valence-electron chi connectivity index (χ1n) is 9.73. The summed E-state index contributed by atoms with van der Waals surface area (Å²) >= 11 is 0. The normalized spacial score (nSPS) is 22.2. The molecule has 2 fully saturated rings. The van der Waals surface area contributed by atoms with Crippen LogP contribution in [0, 0.1) is 6.92 Å². The number of amides is 1. The standard InChI is InChI=1S/C19H32N4O/c1-17-20-10-16-22(17)13-6-8-19(24)23-14-3-2-7-18(23)9-15-21-11-4-5-12-21/h10,16,18H,2-9,11-15H2,1H3/t18-/m1/s1. The van der Waals surface area contributed by atoms with Crippen molar-refractivity contribution in [1.29, 1.82) is 0 Å². The van der Waals surface area contributed by atoms with Crippen molar-refractivity contribution in [2.45, 2.75) is 70.9 Å². The molecule has 2 saturated heterocycles. The molecule has 5 heteroatoms. The lowest BCUT2D eigenvalue weighted by molar-refractivity contribution is -0.135. The monoisotopic (exact) mass is 332 g/mol. The molecule has 1 atom stereocenters. The van der Waals surface area contributed by atoms with E-state index in [0.717, 1.165) is 31.8 Å². The minimum absolute atomic E-state index is 0.360.